The molecule has 0 aliphatic carbocycles. The van der Waals surface area contributed by atoms with Crippen LogP contribution in [0.15, 0.2) is 16.5 Å². The third kappa shape index (κ3) is 4.08. The highest BCUT2D eigenvalue weighted by molar-refractivity contribution is 5.38. The van der Waals surface area contributed by atoms with E-state index in [1.807, 2.05) is 44.9 Å². The van der Waals surface area contributed by atoms with Gasteiger partial charge in [-0.15, -0.1) is 0 Å². The summed E-state index contributed by atoms with van der Waals surface area (Å²) in [7, 11) is 1.90. The van der Waals surface area contributed by atoms with Gasteiger partial charge in [-0.25, -0.2) is 0 Å². The lowest BCUT2D eigenvalue weighted by Gasteiger charge is -2.17. The summed E-state index contributed by atoms with van der Waals surface area (Å²) in [6.07, 6.45) is 0. The summed E-state index contributed by atoms with van der Waals surface area (Å²) >= 11 is 0. The van der Waals surface area contributed by atoms with Crippen LogP contribution in [-0.4, -0.2) is 35.2 Å². The van der Waals surface area contributed by atoms with E-state index in [1.165, 1.54) is 0 Å². The fourth-order valence-electron chi connectivity index (χ4n) is 1.82. The molecule has 0 fully saturated rings. The predicted molar refractivity (Wildman–Crippen MR) is 80.7 cm³/mol. The second-order valence-corrected chi connectivity index (χ2v) is 4.57. The summed E-state index contributed by atoms with van der Waals surface area (Å²) in [4.78, 5) is 14.8. The van der Waals surface area contributed by atoms with Crippen molar-refractivity contribution in [3.05, 3.63) is 23.7 Å². The summed E-state index contributed by atoms with van der Waals surface area (Å²) in [5.74, 6) is 2.79. The average molecular weight is 291 g/mol. The van der Waals surface area contributed by atoms with Crippen LogP contribution in [0.1, 0.15) is 25.4 Å². The maximum atomic E-state index is 5.57. The molecule has 1 N–H and O–H groups in total. The molecule has 2 aromatic heterocycles. The normalized spacial score (nSPS) is 10.5. The Labute approximate surface area is 124 Å². The van der Waals surface area contributed by atoms with Gasteiger partial charge in [0.15, 0.2) is 0 Å². The number of nitrogens with zero attached hydrogens (tertiary/aromatic N) is 4. The Kier molecular flexibility index (Phi) is 4.97. The monoisotopic (exact) mass is 291 g/mol. The molecular formula is C14H21N5O2. The van der Waals surface area contributed by atoms with Crippen LogP contribution < -0.4 is 15.0 Å². The number of hydrogen-bond donors (Lipinski definition) is 1. The molecule has 2 heterocycles. The standard InChI is InChI=1S/C14H21N5O2/c1-5-15-12-16-13(18-14(17-12)20-6-2)19(4)9-11-8-7-10(3)21-11/h7-8H,5-6,9H2,1-4H3,(H,15,16,17,18). The quantitative estimate of drug-likeness (QED) is 0.838. The minimum absolute atomic E-state index is 0.320. The average Bonchev–Trinajstić information content (AvgIpc) is 2.84. The molecule has 0 aliphatic rings. The molecule has 7 nitrogen and oxygen atoms in total. The summed E-state index contributed by atoms with van der Waals surface area (Å²) in [5.41, 5.74) is 0. The molecular weight excluding hydrogens is 270 g/mol. The highest BCUT2D eigenvalue weighted by atomic mass is 16.5. The van der Waals surface area contributed by atoms with Gasteiger partial charge in [0.1, 0.15) is 11.5 Å². The Balaban J connectivity index is 2.19. The zero-order chi connectivity index (χ0) is 15.2. The Morgan fingerprint density at radius 2 is 2.05 bits per heavy atom. The molecule has 0 bridgehead atoms. The van der Waals surface area contributed by atoms with Crippen molar-refractivity contribution in [3.63, 3.8) is 0 Å². The molecule has 0 amide bonds. The van der Waals surface area contributed by atoms with Crippen molar-refractivity contribution in [1.82, 2.24) is 15.0 Å². The molecule has 2 aromatic rings. The van der Waals surface area contributed by atoms with Gasteiger partial charge < -0.3 is 19.4 Å². The summed E-state index contributed by atoms with van der Waals surface area (Å²) < 4.78 is 11.0. The Bertz CT molecular complexity index is 560. The topological polar surface area (TPSA) is 76.3 Å². The SMILES string of the molecule is CCNc1nc(OCC)nc(N(C)Cc2ccc(C)o2)n1. The molecule has 0 saturated carbocycles. The Morgan fingerprint density at radius 1 is 1.24 bits per heavy atom. The smallest absolute Gasteiger partial charge is 0.323 e. The number of ether oxygens (including phenoxy) is 1. The van der Waals surface area contributed by atoms with Crippen molar-refractivity contribution in [2.45, 2.75) is 27.3 Å². The molecule has 114 valence electrons. The van der Waals surface area contributed by atoms with Crippen molar-refractivity contribution in [2.75, 3.05) is 30.4 Å². The van der Waals surface area contributed by atoms with Crippen molar-refractivity contribution in [2.24, 2.45) is 0 Å². The first kappa shape index (κ1) is 15.1. The predicted octanol–water partition coefficient (Wildman–Crippen LogP) is 2.24. The fourth-order valence-corrected chi connectivity index (χ4v) is 1.82. The number of anilines is 2. The van der Waals surface area contributed by atoms with Crippen LogP contribution in [0.2, 0.25) is 0 Å². The van der Waals surface area contributed by atoms with Gasteiger partial charge in [-0.1, -0.05) is 0 Å². The first-order valence-electron chi connectivity index (χ1n) is 7.01. The van der Waals surface area contributed by atoms with E-state index in [0.717, 1.165) is 18.1 Å². The second kappa shape index (κ2) is 6.92. The van der Waals surface area contributed by atoms with Crippen molar-refractivity contribution < 1.29 is 9.15 Å². The highest BCUT2D eigenvalue weighted by Gasteiger charge is 2.12. The fraction of sp³-hybridized carbons (Fsp3) is 0.500. The number of rotatable bonds is 7. The first-order chi connectivity index (χ1) is 10.1. The number of aryl methyl sites for hydroxylation is 1. The van der Waals surface area contributed by atoms with Crippen LogP contribution in [0.3, 0.4) is 0 Å². The maximum absolute atomic E-state index is 5.57. The molecule has 21 heavy (non-hydrogen) atoms. The summed E-state index contributed by atoms with van der Waals surface area (Å²) in [6, 6.07) is 4.20. The molecule has 0 unspecified atom stereocenters. The lowest BCUT2D eigenvalue weighted by molar-refractivity contribution is 0.312. The van der Waals surface area contributed by atoms with Crippen LogP contribution in [0, 0.1) is 6.92 Å². The van der Waals surface area contributed by atoms with Crippen LogP contribution in [0.25, 0.3) is 0 Å². The van der Waals surface area contributed by atoms with Gasteiger partial charge in [0.05, 0.1) is 13.2 Å². The highest BCUT2D eigenvalue weighted by Crippen LogP contribution is 2.17. The van der Waals surface area contributed by atoms with Crippen molar-refractivity contribution in [3.8, 4) is 6.01 Å². The minimum atomic E-state index is 0.320. The van der Waals surface area contributed by atoms with Gasteiger partial charge in [0.2, 0.25) is 11.9 Å². The molecule has 7 heteroatoms. The van der Waals surface area contributed by atoms with E-state index in [4.69, 9.17) is 9.15 Å². The number of nitrogens with one attached hydrogen (secondary N) is 1. The molecule has 0 aromatic carbocycles. The number of furan rings is 1. The van der Waals surface area contributed by atoms with Gasteiger partial charge >= 0.3 is 6.01 Å². The molecule has 0 radical (unpaired) electrons. The van der Waals surface area contributed by atoms with Crippen molar-refractivity contribution >= 4 is 11.9 Å². The molecule has 0 atom stereocenters. The van der Waals surface area contributed by atoms with Gasteiger partial charge in [0, 0.05) is 13.6 Å². The Hall–Kier alpha value is -2.31. The van der Waals surface area contributed by atoms with Crippen LogP contribution >= 0.6 is 0 Å². The van der Waals surface area contributed by atoms with Crippen molar-refractivity contribution in [1.29, 1.82) is 0 Å². The third-order valence-electron chi connectivity index (χ3n) is 2.74. The molecule has 0 aliphatic heterocycles. The van der Waals surface area contributed by atoms with E-state index in [-0.39, 0.29) is 0 Å². The van der Waals surface area contributed by atoms with Crippen LogP contribution in [0.4, 0.5) is 11.9 Å². The lowest BCUT2D eigenvalue weighted by atomic mass is 10.4. The number of aromatic nitrogens is 3. The van der Waals surface area contributed by atoms with Crippen LogP contribution in [-0.2, 0) is 6.54 Å². The van der Waals surface area contributed by atoms with E-state index in [9.17, 15) is 0 Å². The first-order valence-corrected chi connectivity index (χ1v) is 7.01. The molecule has 0 spiro atoms. The molecule has 0 saturated heterocycles. The van der Waals surface area contributed by atoms with Gasteiger partial charge in [0.25, 0.3) is 0 Å². The Morgan fingerprint density at radius 3 is 2.67 bits per heavy atom. The zero-order valence-corrected chi connectivity index (χ0v) is 12.9. The minimum Gasteiger partial charge on any atom is -0.464 e. The van der Waals surface area contributed by atoms with Gasteiger partial charge in [-0.3, -0.25) is 0 Å². The van der Waals surface area contributed by atoms with Gasteiger partial charge in [-0.05, 0) is 32.9 Å². The van der Waals surface area contributed by atoms with Crippen LogP contribution in [0.5, 0.6) is 6.01 Å². The van der Waals surface area contributed by atoms with E-state index < -0.39 is 0 Å². The lowest BCUT2D eigenvalue weighted by Crippen LogP contribution is -2.20. The van der Waals surface area contributed by atoms with E-state index >= 15 is 0 Å². The van der Waals surface area contributed by atoms with E-state index in [2.05, 4.69) is 20.3 Å². The third-order valence-corrected chi connectivity index (χ3v) is 2.74. The van der Waals surface area contributed by atoms with Gasteiger partial charge in [-0.2, -0.15) is 15.0 Å². The van der Waals surface area contributed by atoms with E-state index in [0.29, 0.717) is 31.1 Å². The maximum Gasteiger partial charge on any atom is 0.323 e. The van der Waals surface area contributed by atoms with E-state index in [1.54, 1.807) is 0 Å². The molecule has 2 rings (SSSR count). The largest absolute Gasteiger partial charge is 0.464 e. The number of hydrogen-bond acceptors (Lipinski definition) is 7. The zero-order valence-electron chi connectivity index (χ0n) is 12.9. The second-order valence-electron chi connectivity index (χ2n) is 4.57. The summed E-state index contributed by atoms with van der Waals surface area (Å²) in [5, 5.41) is 3.08. The summed E-state index contributed by atoms with van der Waals surface area (Å²) in [6.45, 7) is 7.62.